The predicted molar refractivity (Wildman–Crippen MR) is 130 cm³/mol. The summed E-state index contributed by atoms with van der Waals surface area (Å²) in [5.74, 6) is 0.230. The van der Waals surface area contributed by atoms with Gasteiger partial charge in [0, 0.05) is 6.42 Å². The molecular formula is C27H45NO3. The van der Waals surface area contributed by atoms with E-state index in [1.165, 1.54) is 70.6 Å². The number of allylic oxidation sites excluding steroid dienone is 2. The van der Waals surface area contributed by atoms with Crippen LogP contribution >= 0.6 is 0 Å². The van der Waals surface area contributed by atoms with E-state index in [1.807, 2.05) is 12.1 Å². The van der Waals surface area contributed by atoms with Gasteiger partial charge < -0.3 is 15.5 Å². The molecule has 4 heteroatoms. The van der Waals surface area contributed by atoms with Gasteiger partial charge in [-0.15, -0.1) is 0 Å². The van der Waals surface area contributed by atoms with Gasteiger partial charge >= 0.3 is 0 Å². The first kappa shape index (κ1) is 27.2. The molecular weight excluding hydrogens is 386 g/mol. The Hall–Kier alpha value is -1.81. The van der Waals surface area contributed by atoms with E-state index in [0.29, 0.717) is 12.8 Å². The van der Waals surface area contributed by atoms with Crippen LogP contribution in [0, 0.1) is 0 Å². The predicted octanol–water partition coefficient (Wildman–Crippen LogP) is 6.45. The number of phenolic OH excluding ortho intramolecular Hbond substituents is 1. The summed E-state index contributed by atoms with van der Waals surface area (Å²) in [6.07, 6.45) is 22.0. The Balaban J connectivity index is 1.96. The lowest BCUT2D eigenvalue weighted by molar-refractivity contribution is -0.122. The van der Waals surface area contributed by atoms with E-state index in [9.17, 15) is 15.0 Å². The molecule has 1 amide bonds. The summed E-state index contributed by atoms with van der Waals surface area (Å²) >= 11 is 0. The number of unbranched alkanes of at least 4 members (excludes halogenated alkanes) is 11. The topological polar surface area (TPSA) is 69.6 Å². The molecule has 1 aromatic rings. The van der Waals surface area contributed by atoms with E-state index in [2.05, 4.69) is 24.4 Å². The van der Waals surface area contributed by atoms with E-state index >= 15 is 0 Å². The van der Waals surface area contributed by atoms with Crippen LogP contribution in [0.3, 0.4) is 0 Å². The van der Waals surface area contributed by atoms with Crippen molar-refractivity contribution in [1.29, 1.82) is 0 Å². The highest BCUT2D eigenvalue weighted by atomic mass is 16.3. The van der Waals surface area contributed by atoms with E-state index < -0.39 is 0 Å². The minimum Gasteiger partial charge on any atom is -0.508 e. The number of aromatic hydroxyl groups is 1. The summed E-state index contributed by atoms with van der Waals surface area (Å²) in [5.41, 5.74) is 0.984. The Morgan fingerprint density at radius 2 is 1.42 bits per heavy atom. The summed E-state index contributed by atoms with van der Waals surface area (Å²) in [7, 11) is 0. The Morgan fingerprint density at radius 3 is 2.00 bits per heavy atom. The fourth-order valence-corrected chi connectivity index (χ4v) is 3.73. The molecule has 0 bridgehead atoms. The molecule has 0 spiro atoms. The smallest absolute Gasteiger partial charge is 0.220 e. The standard InChI is InChI=1S/C27H45NO3/c1-2-3-4-5-6-7-8-9-10-11-12-13-14-15-16-17-27(31)28-25(23-29)22-24-18-20-26(30)21-19-24/h9-10,18-21,25,29-30H,2-8,11-17,22-23H2,1H3,(H,28,31)/t25-/m1/s1. The number of aliphatic hydroxyl groups excluding tert-OH is 1. The molecule has 1 rings (SSSR count). The highest BCUT2D eigenvalue weighted by Crippen LogP contribution is 2.12. The molecule has 0 aromatic heterocycles. The van der Waals surface area contributed by atoms with Crippen molar-refractivity contribution in [3.05, 3.63) is 42.0 Å². The molecule has 4 nitrogen and oxygen atoms in total. The summed E-state index contributed by atoms with van der Waals surface area (Å²) in [6, 6.07) is 6.59. The van der Waals surface area contributed by atoms with Gasteiger partial charge in [0.15, 0.2) is 0 Å². The van der Waals surface area contributed by atoms with Crippen LogP contribution in [-0.4, -0.2) is 28.8 Å². The third kappa shape index (κ3) is 15.6. The van der Waals surface area contributed by atoms with Crippen LogP contribution in [0.2, 0.25) is 0 Å². The van der Waals surface area contributed by atoms with E-state index in [4.69, 9.17) is 0 Å². The fourth-order valence-electron chi connectivity index (χ4n) is 3.73. The number of carbonyl (C=O) groups is 1. The first-order chi connectivity index (χ1) is 15.2. The summed E-state index contributed by atoms with van der Waals surface area (Å²) in [5, 5.41) is 21.8. The van der Waals surface area contributed by atoms with Crippen LogP contribution in [0.5, 0.6) is 5.75 Å². The van der Waals surface area contributed by atoms with Crippen molar-refractivity contribution in [2.45, 2.75) is 109 Å². The molecule has 0 aliphatic rings. The van der Waals surface area contributed by atoms with Gasteiger partial charge in [-0.2, -0.15) is 0 Å². The number of hydrogen-bond acceptors (Lipinski definition) is 3. The van der Waals surface area contributed by atoms with Crippen molar-refractivity contribution in [2.24, 2.45) is 0 Å². The summed E-state index contributed by atoms with van der Waals surface area (Å²) < 4.78 is 0. The number of aliphatic hydroxyl groups is 1. The molecule has 1 aromatic carbocycles. The average molecular weight is 432 g/mol. The Kier molecular flexibility index (Phi) is 16.6. The minimum absolute atomic E-state index is 0.00968. The maximum absolute atomic E-state index is 12.1. The van der Waals surface area contributed by atoms with Crippen molar-refractivity contribution >= 4 is 5.91 Å². The molecule has 0 saturated carbocycles. The van der Waals surface area contributed by atoms with Crippen molar-refractivity contribution < 1.29 is 15.0 Å². The van der Waals surface area contributed by atoms with Crippen LogP contribution in [0.25, 0.3) is 0 Å². The molecule has 0 saturated heterocycles. The number of hydrogen-bond donors (Lipinski definition) is 3. The van der Waals surface area contributed by atoms with Crippen LogP contribution in [-0.2, 0) is 11.2 Å². The lowest BCUT2D eigenvalue weighted by atomic mass is 10.1. The Bertz CT molecular complexity index is 583. The van der Waals surface area contributed by atoms with Crippen molar-refractivity contribution in [3.63, 3.8) is 0 Å². The number of rotatable bonds is 19. The molecule has 3 N–H and O–H groups in total. The number of nitrogens with one attached hydrogen (secondary N) is 1. The van der Waals surface area contributed by atoms with Crippen LogP contribution < -0.4 is 5.32 Å². The van der Waals surface area contributed by atoms with E-state index in [-0.39, 0.29) is 24.3 Å². The lowest BCUT2D eigenvalue weighted by Crippen LogP contribution is -2.38. The Morgan fingerprint density at radius 1 is 0.871 bits per heavy atom. The normalized spacial score (nSPS) is 12.3. The first-order valence-electron chi connectivity index (χ1n) is 12.5. The zero-order chi connectivity index (χ0) is 22.6. The van der Waals surface area contributed by atoms with Crippen molar-refractivity contribution in [3.8, 4) is 5.75 Å². The number of phenols is 1. The van der Waals surface area contributed by atoms with Crippen molar-refractivity contribution in [1.82, 2.24) is 5.32 Å². The maximum Gasteiger partial charge on any atom is 0.220 e. The number of amides is 1. The molecule has 0 aliphatic heterocycles. The van der Waals surface area contributed by atoms with Crippen LogP contribution in [0.4, 0.5) is 0 Å². The molecule has 176 valence electrons. The highest BCUT2D eigenvalue weighted by Gasteiger charge is 2.12. The second-order valence-electron chi connectivity index (χ2n) is 8.65. The lowest BCUT2D eigenvalue weighted by Gasteiger charge is -2.16. The molecule has 0 heterocycles. The molecule has 31 heavy (non-hydrogen) atoms. The molecule has 0 radical (unpaired) electrons. The third-order valence-corrected chi connectivity index (χ3v) is 5.67. The zero-order valence-corrected chi connectivity index (χ0v) is 19.7. The SMILES string of the molecule is CCCCCCCCC=CCCCCCCCC(=O)N[C@@H](CO)Cc1ccc(O)cc1. The van der Waals surface area contributed by atoms with E-state index in [1.54, 1.807) is 12.1 Å². The minimum atomic E-state index is -0.278. The molecule has 0 fully saturated rings. The Labute approximate surface area is 190 Å². The second kappa shape index (κ2) is 18.9. The quantitative estimate of drug-likeness (QED) is 0.174. The number of carbonyl (C=O) groups excluding carboxylic acids is 1. The van der Waals surface area contributed by atoms with Gasteiger partial charge in [-0.3, -0.25) is 4.79 Å². The average Bonchev–Trinajstić information content (AvgIpc) is 2.77. The highest BCUT2D eigenvalue weighted by molar-refractivity contribution is 5.76. The molecule has 0 aliphatic carbocycles. The van der Waals surface area contributed by atoms with Gasteiger partial charge in [0.05, 0.1) is 12.6 Å². The fraction of sp³-hybridized carbons (Fsp3) is 0.667. The summed E-state index contributed by atoms with van der Waals surface area (Å²) in [4.78, 5) is 12.1. The zero-order valence-electron chi connectivity index (χ0n) is 19.7. The largest absolute Gasteiger partial charge is 0.508 e. The van der Waals surface area contributed by atoms with Gasteiger partial charge in [0.1, 0.15) is 5.75 Å². The monoisotopic (exact) mass is 431 g/mol. The second-order valence-corrected chi connectivity index (χ2v) is 8.65. The van der Waals surface area contributed by atoms with Crippen LogP contribution in [0.15, 0.2) is 36.4 Å². The maximum atomic E-state index is 12.1. The summed E-state index contributed by atoms with van der Waals surface area (Å²) in [6.45, 7) is 2.18. The van der Waals surface area contributed by atoms with Gasteiger partial charge in [0.2, 0.25) is 5.91 Å². The number of benzene rings is 1. The van der Waals surface area contributed by atoms with Gasteiger partial charge in [-0.25, -0.2) is 0 Å². The molecule has 1 atom stereocenters. The van der Waals surface area contributed by atoms with Gasteiger partial charge in [-0.1, -0.05) is 82.6 Å². The van der Waals surface area contributed by atoms with Crippen LogP contribution in [0.1, 0.15) is 102 Å². The van der Waals surface area contributed by atoms with Crippen molar-refractivity contribution in [2.75, 3.05) is 6.61 Å². The third-order valence-electron chi connectivity index (χ3n) is 5.67. The van der Waals surface area contributed by atoms with Gasteiger partial charge in [-0.05, 0) is 56.2 Å². The molecule has 0 unspecified atom stereocenters. The van der Waals surface area contributed by atoms with Gasteiger partial charge in [0.25, 0.3) is 0 Å². The van der Waals surface area contributed by atoms with E-state index in [0.717, 1.165) is 18.4 Å². The first-order valence-corrected chi connectivity index (χ1v) is 12.5.